The predicted octanol–water partition coefficient (Wildman–Crippen LogP) is 2.83. The van der Waals surface area contributed by atoms with E-state index in [0.717, 1.165) is 6.54 Å². The van der Waals surface area contributed by atoms with Crippen LogP contribution in [0.5, 0.6) is 0 Å². The first-order valence-corrected chi connectivity index (χ1v) is 6.62. The number of aromatic nitrogens is 2. The average Bonchev–Trinajstić information content (AvgIpc) is 2.19. The summed E-state index contributed by atoms with van der Waals surface area (Å²) in [7, 11) is 0. The van der Waals surface area contributed by atoms with E-state index < -0.39 is 0 Å². The third-order valence-corrected chi connectivity index (χ3v) is 4.62. The molecule has 0 unspecified atom stereocenters. The minimum absolute atomic E-state index is 0.390. The van der Waals surface area contributed by atoms with E-state index >= 15 is 0 Å². The first-order chi connectivity index (χ1) is 7.26. The highest BCUT2D eigenvalue weighted by Gasteiger charge is 2.35. The third kappa shape index (κ3) is 2.37. The fraction of sp³-hybridized carbons (Fsp3) is 0.600. The number of nitrogens with zero attached hydrogens (tertiary/aromatic N) is 2. The molecule has 1 aromatic rings. The fourth-order valence-electron chi connectivity index (χ4n) is 1.71. The number of nitrogens with one attached hydrogen (secondary N) is 1. The molecule has 2 rings (SSSR count). The molecular weight excluding hydrogens is 230 g/mol. The van der Waals surface area contributed by atoms with Gasteiger partial charge in [-0.25, -0.2) is 9.97 Å². The van der Waals surface area contributed by atoms with E-state index in [1.807, 2.05) is 11.8 Å². The maximum Gasteiger partial charge on any atom is 0.171 e. The monoisotopic (exact) mass is 243 g/mol. The molecule has 0 spiro atoms. The Morgan fingerprint density at radius 1 is 1.47 bits per heavy atom. The molecule has 5 heteroatoms. The van der Waals surface area contributed by atoms with E-state index in [0.29, 0.717) is 15.7 Å². The molecule has 15 heavy (non-hydrogen) atoms. The van der Waals surface area contributed by atoms with Gasteiger partial charge in [0.2, 0.25) is 0 Å². The normalized spacial score (nSPS) is 18.3. The van der Waals surface area contributed by atoms with E-state index in [1.54, 1.807) is 12.4 Å². The van der Waals surface area contributed by atoms with Crippen molar-refractivity contribution in [2.75, 3.05) is 18.1 Å². The van der Waals surface area contributed by atoms with Crippen LogP contribution < -0.4 is 5.32 Å². The van der Waals surface area contributed by atoms with E-state index in [-0.39, 0.29) is 0 Å². The van der Waals surface area contributed by atoms with Crippen LogP contribution in [0, 0.1) is 0 Å². The zero-order chi connectivity index (χ0) is 10.7. The van der Waals surface area contributed by atoms with Gasteiger partial charge >= 0.3 is 0 Å². The summed E-state index contributed by atoms with van der Waals surface area (Å²) >= 11 is 7.84. The summed E-state index contributed by atoms with van der Waals surface area (Å²) < 4.78 is 0.390. The Morgan fingerprint density at radius 2 is 2.20 bits per heavy atom. The number of hydrogen-bond donors (Lipinski definition) is 1. The van der Waals surface area contributed by atoms with Gasteiger partial charge in [0.25, 0.3) is 0 Å². The molecule has 1 aliphatic rings. The van der Waals surface area contributed by atoms with Crippen LogP contribution in [0.25, 0.3) is 0 Å². The Kier molecular flexibility index (Phi) is 3.36. The second kappa shape index (κ2) is 4.58. The van der Waals surface area contributed by atoms with Gasteiger partial charge in [-0.1, -0.05) is 18.0 Å². The second-order valence-corrected chi connectivity index (χ2v) is 5.42. The Hall–Kier alpha value is -0.480. The maximum absolute atomic E-state index is 5.91. The van der Waals surface area contributed by atoms with Crippen molar-refractivity contribution in [3.8, 4) is 0 Å². The zero-order valence-electron chi connectivity index (χ0n) is 8.66. The average molecular weight is 244 g/mol. The molecule has 1 aliphatic carbocycles. The largest absolute Gasteiger partial charge is 0.366 e. The minimum atomic E-state index is 0.390. The molecular formula is C10H14ClN3S. The molecule has 1 heterocycles. The summed E-state index contributed by atoms with van der Waals surface area (Å²) in [5.74, 6) is 0.694. The van der Waals surface area contributed by atoms with Crippen LogP contribution in [0.1, 0.15) is 19.3 Å². The molecule has 0 bridgehead atoms. The zero-order valence-corrected chi connectivity index (χ0v) is 10.2. The summed E-state index contributed by atoms with van der Waals surface area (Å²) in [6.45, 7) is 0.923. The summed E-state index contributed by atoms with van der Waals surface area (Å²) in [6.07, 6.45) is 9.30. The molecule has 1 fully saturated rings. The Balaban J connectivity index is 1.95. The van der Waals surface area contributed by atoms with Gasteiger partial charge in [-0.05, 0) is 19.1 Å². The highest BCUT2D eigenvalue weighted by atomic mass is 35.5. The minimum Gasteiger partial charge on any atom is -0.366 e. The van der Waals surface area contributed by atoms with Crippen molar-refractivity contribution in [3.63, 3.8) is 0 Å². The van der Waals surface area contributed by atoms with Crippen molar-refractivity contribution < 1.29 is 0 Å². The highest BCUT2D eigenvalue weighted by molar-refractivity contribution is 8.00. The van der Waals surface area contributed by atoms with Crippen molar-refractivity contribution in [1.82, 2.24) is 9.97 Å². The maximum atomic E-state index is 5.91. The van der Waals surface area contributed by atoms with Crippen LogP contribution >= 0.6 is 23.4 Å². The van der Waals surface area contributed by atoms with Crippen molar-refractivity contribution in [1.29, 1.82) is 0 Å². The second-order valence-electron chi connectivity index (χ2n) is 3.79. The molecule has 0 radical (unpaired) electrons. The van der Waals surface area contributed by atoms with Gasteiger partial charge in [-0.3, -0.25) is 0 Å². The smallest absolute Gasteiger partial charge is 0.171 e. The SMILES string of the molecule is CSC1(CNc2nccnc2Cl)CCC1. The van der Waals surface area contributed by atoms with Gasteiger partial charge in [0, 0.05) is 23.7 Å². The summed E-state index contributed by atoms with van der Waals surface area (Å²) in [6, 6.07) is 0. The molecule has 0 amide bonds. The lowest BCUT2D eigenvalue weighted by molar-refractivity contribution is 0.379. The molecule has 0 aromatic carbocycles. The first-order valence-electron chi connectivity index (χ1n) is 5.01. The van der Waals surface area contributed by atoms with E-state index in [4.69, 9.17) is 11.6 Å². The van der Waals surface area contributed by atoms with Gasteiger partial charge in [-0.15, -0.1) is 0 Å². The quantitative estimate of drug-likeness (QED) is 0.883. The van der Waals surface area contributed by atoms with Gasteiger partial charge in [0.15, 0.2) is 11.0 Å². The molecule has 0 aliphatic heterocycles. The van der Waals surface area contributed by atoms with Crippen molar-refractivity contribution in [2.24, 2.45) is 0 Å². The summed E-state index contributed by atoms with van der Waals surface area (Å²) in [4.78, 5) is 8.14. The third-order valence-electron chi connectivity index (χ3n) is 2.93. The number of thioether (sulfide) groups is 1. The van der Waals surface area contributed by atoms with Crippen LogP contribution in [0.3, 0.4) is 0 Å². The lowest BCUT2D eigenvalue weighted by atomic mass is 9.84. The van der Waals surface area contributed by atoms with Gasteiger partial charge in [-0.2, -0.15) is 11.8 Å². The molecule has 0 atom stereocenters. The van der Waals surface area contributed by atoms with Crippen LogP contribution in [-0.4, -0.2) is 27.5 Å². The topological polar surface area (TPSA) is 37.8 Å². The Bertz CT molecular complexity index is 336. The highest BCUT2D eigenvalue weighted by Crippen LogP contribution is 2.42. The number of rotatable bonds is 4. The number of anilines is 1. The predicted molar refractivity (Wildman–Crippen MR) is 65.6 cm³/mol. The van der Waals surface area contributed by atoms with Crippen LogP contribution in [0.15, 0.2) is 12.4 Å². The summed E-state index contributed by atoms with van der Waals surface area (Å²) in [5.41, 5.74) is 0. The lowest BCUT2D eigenvalue weighted by Gasteiger charge is -2.40. The number of halogens is 1. The summed E-state index contributed by atoms with van der Waals surface area (Å²) in [5, 5.41) is 3.73. The first kappa shape index (κ1) is 11.0. The van der Waals surface area contributed by atoms with Crippen LogP contribution in [0.4, 0.5) is 5.82 Å². The molecule has 1 N–H and O–H groups in total. The van der Waals surface area contributed by atoms with Crippen LogP contribution in [0.2, 0.25) is 5.15 Å². The van der Waals surface area contributed by atoms with Gasteiger partial charge in [0.1, 0.15) is 0 Å². The Morgan fingerprint density at radius 3 is 2.73 bits per heavy atom. The van der Waals surface area contributed by atoms with Gasteiger partial charge in [0.05, 0.1) is 0 Å². The van der Waals surface area contributed by atoms with Crippen molar-refractivity contribution in [2.45, 2.75) is 24.0 Å². The van der Waals surface area contributed by atoms with Crippen LogP contribution in [-0.2, 0) is 0 Å². The molecule has 1 saturated carbocycles. The number of hydrogen-bond acceptors (Lipinski definition) is 4. The standard InChI is InChI=1S/C10H14ClN3S/c1-15-10(3-2-4-10)7-14-9-8(11)12-5-6-13-9/h5-6H,2-4,7H2,1H3,(H,13,14). The van der Waals surface area contributed by atoms with Gasteiger partial charge < -0.3 is 5.32 Å². The van der Waals surface area contributed by atoms with E-state index in [1.165, 1.54) is 19.3 Å². The molecule has 3 nitrogen and oxygen atoms in total. The molecule has 0 saturated heterocycles. The lowest BCUT2D eigenvalue weighted by Crippen LogP contribution is -2.40. The fourth-order valence-corrected chi connectivity index (χ4v) is 2.79. The van der Waals surface area contributed by atoms with E-state index in [9.17, 15) is 0 Å². The van der Waals surface area contributed by atoms with E-state index in [2.05, 4.69) is 21.5 Å². The molecule has 1 aromatic heterocycles. The Labute approximate surface area is 99.0 Å². The van der Waals surface area contributed by atoms with Crippen molar-refractivity contribution >= 4 is 29.2 Å². The van der Waals surface area contributed by atoms with Crippen molar-refractivity contribution in [3.05, 3.63) is 17.5 Å². The molecule has 82 valence electrons.